The van der Waals surface area contributed by atoms with E-state index in [9.17, 15) is 14.4 Å². The van der Waals surface area contributed by atoms with Crippen LogP contribution in [0.4, 0.5) is 0 Å². The number of hydrogen-bond acceptors (Lipinski definition) is 4. The zero-order valence-electron chi connectivity index (χ0n) is 15.8. The number of amides is 3. The van der Waals surface area contributed by atoms with Gasteiger partial charge in [0.15, 0.2) is 0 Å². The summed E-state index contributed by atoms with van der Waals surface area (Å²) in [6.45, 7) is 4.43. The summed E-state index contributed by atoms with van der Waals surface area (Å²) >= 11 is 0. The molecule has 1 saturated heterocycles. The maximum atomic E-state index is 12.3. The molecule has 0 bridgehead atoms. The van der Waals surface area contributed by atoms with E-state index in [2.05, 4.69) is 15.5 Å². The van der Waals surface area contributed by atoms with Gasteiger partial charge in [-0.15, -0.1) is 0 Å². The molecule has 1 aliphatic heterocycles. The maximum absolute atomic E-state index is 12.3. The second-order valence-electron chi connectivity index (χ2n) is 7.31. The van der Waals surface area contributed by atoms with Gasteiger partial charge in [0.05, 0.1) is 19.0 Å². The Bertz CT molecular complexity index is 667. The molecule has 0 aromatic heterocycles. The Morgan fingerprint density at radius 1 is 1.07 bits per heavy atom. The van der Waals surface area contributed by atoms with Crippen molar-refractivity contribution >= 4 is 17.7 Å². The van der Waals surface area contributed by atoms with Crippen LogP contribution in [0.1, 0.15) is 25.3 Å². The van der Waals surface area contributed by atoms with Gasteiger partial charge in [0.2, 0.25) is 17.7 Å². The molecule has 146 valence electrons. The predicted octanol–water partition coefficient (Wildman–Crippen LogP) is 0.157. The summed E-state index contributed by atoms with van der Waals surface area (Å²) in [6.07, 6.45) is 2.43. The Hall–Kier alpha value is -2.41. The summed E-state index contributed by atoms with van der Waals surface area (Å²) in [5, 5.41) is 5.73. The van der Waals surface area contributed by atoms with E-state index in [1.54, 1.807) is 4.90 Å². The molecule has 1 heterocycles. The second-order valence-corrected chi connectivity index (χ2v) is 7.31. The number of rotatable bonds is 7. The van der Waals surface area contributed by atoms with Crippen LogP contribution in [0.15, 0.2) is 30.3 Å². The normalized spacial score (nSPS) is 18.6. The fraction of sp³-hybridized carbons (Fsp3) is 0.550. The van der Waals surface area contributed by atoms with Crippen LogP contribution >= 0.6 is 0 Å². The monoisotopic (exact) mass is 372 g/mol. The second kappa shape index (κ2) is 8.99. The van der Waals surface area contributed by atoms with E-state index < -0.39 is 0 Å². The van der Waals surface area contributed by atoms with Crippen molar-refractivity contribution in [1.82, 2.24) is 20.4 Å². The van der Waals surface area contributed by atoms with Crippen LogP contribution in [0.25, 0.3) is 0 Å². The molecule has 7 nitrogen and oxygen atoms in total. The van der Waals surface area contributed by atoms with Gasteiger partial charge in [-0.25, -0.2) is 0 Å². The lowest BCUT2D eigenvalue weighted by molar-refractivity contribution is -0.135. The highest BCUT2D eigenvalue weighted by atomic mass is 16.2. The largest absolute Gasteiger partial charge is 0.352 e. The first-order valence-corrected chi connectivity index (χ1v) is 9.66. The summed E-state index contributed by atoms with van der Waals surface area (Å²) in [4.78, 5) is 40.3. The highest BCUT2D eigenvalue weighted by Gasteiger charge is 2.30. The lowest BCUT2D eigenvalue weighted by Gasteiger charge is -2.37. The van der Waals surface area contributed by atoms with E-state index in [0.717, 1.165) is 18.4 Å². The van der Waals surface area contributed by atoms with E-state index in [4.69, 9.17) is 0 Å². The van der Waals surface area contributed by atoms with Crippen LogP contribution in [0, 0.1) is 0 Å². The Labute approximate surface area is 160 Å². The summed E-state index contributed by atoms with van der Waals surface area (Å²) in [5.41, 5.74) is 0.925. The molecule has 0 radical (unpaired) electrons. The summed E-state index contributed by atoms with van der Waals surface area (Å²) in [7, 11) is 0. The highest BCUT2D eigenvalue weighted by Crippen LogP contribution is 2.19. The number of nitrogens with one attached hydrogen (secondary N) is 2. The highest BCUT2D eigenvalue weighted by molar-refractivity contribution is 5.86. The molecule has 0 spiro atoms. The molecule has 1 aliphatic carbocycles. The van der Waals surface area contributed by atoms with Crippen LogP contribution in [-0.4, -0.2) is 72.3 Å². The van der Waals surface area contributed by atoms with Crippen molar-refractivity contribution in [3.05, 3.63) is 35.9 Å². The van der Waals surface area contributed by atoms with Gasteiger partial charge in [-0.1, -0.05) is 30.3 Å². The molecular formula is C20H28N4O3. The van der Waals surface area contributed by atoms with Gasteiger partial charge in [-0.05, 0) is 25.3 Å². The predicted molar refractivity (Wildman–Crippen MR) is 102 cm³/mol. The molecule has 7 heteroatoms. The van der Waals surface area contributed by atoms with E-state index in [1.807, 2.05) is 37.3 Å². The molecule has 3 amide bonds. The van der Waals surface area contributed by atoms with Crippen LogP contribution in [-0.2, 0) is 20.8 Å². The lowest BCUT2D eigenvalue weighted by atomic mass is 10.1. The van der Waals surface area contributed by atoms with Crippen molar-refractivity contribution < 1.29 is 14.4 Å². The molecule has 1 aromatic carbocycles. The van der Waals surface area contributed by atoms with Crippen molar-refractivity contribution in [2.24, 2.45) is 0 Å². The molecule has 2 fully saturated rings. The Balaban J connectivity index is 1.36. The molecule has 2 aliphatic rings. The quantitative estimate of drug-likeness (QED) is 0.714. The van der Waals surface area contributed by atoms with Gasteiger partial charge in [-0.3, -0.25) is 19.3 Å². The van der Waals surface area contributed by atoms with E-state index in [0.29, 0.717) is 32.2 Å². The molecule has 2 N–H and O–H groups in total. The number of nitrogens with zero attached hydrogens (tertiary/aromatic N) is 2. The van der Waals surface area contributed by atoms with Crippen molar-refractivity contribution in [2.75, 3.05) is 32.7 Å². The van der Waals surface area contributed by atoms with Gasteiger partial charge < -0.3 is 15.5 Å². The van der Waals surface area contributed by atoms with Crippen LogP contribution < -0.4 is 10.6 Å². The van der Waals surface area contributed by atoms with Crippen LogP contribution in [0.5, 0.6) is 0 Å². The van der Waals surface area contributed by atoms with E-state index in [1.165, 1.54) is 0 Å². The number of hydrogen-bond donors (Lipinski definition) is 2. The van der Waals surface area contributed by atoms with Gasteiger partial charge in [-0.2, -0.15) is 0 Å². The minimum Gasteiger partial charge on any atom is -0.352 e. The third kappa shape index (κ3) is 5.79. The van der Waals surface area contributed by atoms with Gasteiger partial charge in [0.1, 0.15) is 0 Å². The average Bonchev–Trinajstić information content (AvgIpc) is 3.50. The Morgan fingerprint density at radius 2 is 1.74 bits per heavy atom. The minimum atomic E-state index is -0.173. The Morgan fingerprint density at radius 3 is 2.37 bits per heavy atom. The molecular weight excluding hydrogens is 344 g/mol. The zero-order valence-corrected chi connectivity index (χ0v) is 15.8. The van der Waals surface area contributed by atoms with E-state index in [-0.39, 0.29) is 36.7 Å². The van der Waals surface area contributed by atoms with Crippen molar-refractivity contribution in [2.45, 2.75) is 38.3 Å². The molecule has 27 heavy (non-hydrogen) atoms. The summed E-state index contributed by atoms with van der Waals surface area (Å²) < 4.78 is 0. The fourth-order valence-corrected chi connectivity index (χ4v) is 3.20. The molecule has 3 rings (SSSR count). The zero-order chi connectivity index (χ0) is 19.2. The first kappa shape index (κ1) is 19.4. The molecule has 1 unspecified atom stereocenters. The average molecular weight is 372 g/mol. The number of benzene rings is 1. The minimum absolute atomic E-state index is 0.0172. The van der Waals surface area contributed by atoms with Gasteiger partial charge >= 0.3 is 0 Å². The summed E-state index contributed by atoms with van der Waals surface area (Å²) in [6, 6.07) is 9.65. The van der Waals surface area contributed by atoms with Gasteiger partial charge in [0, 0.05) is 32.2 Å². The standard InChI is InChI=1S/C20H28N4O3/c1-15(20(27)22-17-7-8-17)23-9-11-24(12-10-23)19(26)14-21-18(25)13-16-5-3-2-4-6-16/h2-6,15,17H,7-14H2,1H3,(H,21,25)(H,22,27). The number of carbonyl (C=O) groups excluding carboxylic acids is 3. The Kier molecular flexibility index (Phi) is 6.45. The number of carbonyl (C=O) groups is 3. The number of piperazine rings is 1. The smallest absolute Gasteiger partial charge is 0.242 e. The van der Waals surface area contributed by atoms with Crippen LogP contribution in [0.3, 0.4) is 0 Å². The third-order valence-electron chi connectivity index (χ3n) is 5.16. The third-order valence-corrected chi connectivity index (χ3v) is 5.16. The lowest BCUT2D eigenvalue weighted by Crippen LogP contribution is -2.56. The van der Waals surface area contributed by atoms with Crippen LogP contribution in [0.2, 0.25) is 0 Å². The van der Waals surface area contributed by atoms with Crippen molar-refractivity contribution in [1.29, 1.82) is 0 Å². The van der Waals surface area contributed by atoms with E-state index >= 15 is 0 Å². The maximum Gasteiger partial charge on any atom is 0.242 e. The van der Waals surface area contributed by atoms with Crippen molar-refractivity contribution in [3.63, 3.8) is 0 Å². The SMILES string of the molecule is CC(C(=O)NC1CC1)N1CCN(C(=O)CNC(=O)Cc2ccccc2)CC1. The molecule has 1 saturated carbocycles. The molecule has 1 aromatic rings. The first-order chi connectivity index (χ1) is 13.0. The van der Waals surface area contributed by atoms with Crippen molar-refractivity contribution in [3.8, 4) is 0 Å². The molecule has 1 atom stereocenters. The first-order valence-electron chi connectivity index (χ1n) is 9.66. The summed E-state index contributed by atoms with van der Waals surface area (Å²) in [5.74, 6) is -0.157. The topological polar surface area (TPSA) is 81.8 Å². The van der Waals surface area contributed by atoms with Gasteiger partial charge in [0.25, 0.3) is 0 Å². The fourth-order valence-electron chi connectivity index (χ4n) is 3.20.